The van der Waals surface area contributed by atoms with Gasteiger partial charge in [0.2, 0.25) is 5.88 Å². The van der Waals surface area contributed by atoms with E-state index in [0.29, 0.717) is 12.5 Å². The molecule has 0 radical (unpaired) electrons. The molecular weight excluding hydrogens is 348 g/mol. The van der Waals surface area contributed by atoms with Gasteiger partial charge in [-0.05, 0) is 43.2 Å². The first-order valence-corrected chi connectivity index (χ1v) is 10.2. The largest absolute Gasteiger partial charge is 0.493 e. The van der Waals surface area contributed by atoms with E-state index in [1.807, 2.05) is 36.0 Å². The Morgan fingerprint density at radius 3 is 2.88 bits per heavy atom. The summed E-state index contributed by atoms with van der Waals surface area (Å²) in [7, 11) is 3.31. The molecule has 0 amide bonds. The highest BCUT2D eigenvalue weighted by atomic mass is 32.2. The van der Waals surface area contributed by atoms with Crippen LogP contribution in [-0.4, -0.2) is 55.8 Å². The van der Waals surface area contributed by atoms with Crippen molar-refractivity contribution in [2.75, 3.05) is 45.9 Å². The van der Waals surface area contributed by atoms with Gasteiger partial charge in [-0.3, -0.25) is 4.90 Å². The number of benzene rings is 1. The lowest BCUT2D eigenvalue weighted by Crippen LogP contribution is -2.27. The summed E-state index contributed by atoms with van der Waals surface area (Å²) in [6, 6.07) is 9.93. The fourth-order valence-electron chi connectivity index (χ4n) is 3.15. The number of methoxy groups -OCH3 is 2. The Kier molecular flexibility index (Phi) is 6.63. The van der Waals surface area contributed by atoms with Gasteiger partial charge in [0.25, 0.3) is 0 Å². The van der Waals surface area contributed by atoms with E-state index in [-0.39, 0.29) is 0 Å². The van der Waals surface area contributed by atoms with Crippen molar-refractivity contribution in [3.63, 3.8) is 0 Å². The van der Waals surface area contributed by atoms with Crippen molar-refractivity contribution < 1.29 is 14.2 Å². The van der Waals surface area contributed by atoms with E-state index >= 15 is 0 Å². The molecule has 5 nitrogen and oxygen atoms in total. The predicted molar refractivity (Wildman–Crippen MR) is 107 cm³/mol. The number of fused-ring (bicyclic) bond motifs is 1. The van der Waals surface area contributed by atoms with Crippen molar-refractivity contribution in [1.29, 1.82) is 0 Å². The van der Waals surface area contributed by atoms with Crippen molar-refractivity contribution in [3.05, 3.63) is 35.9 Å². The van der Waals surface area contributed by atoms with E-state index in [9.17, 15) is 0 Å². The first kappa shape index (κ1) is 18.9. The summed E-state index contributed by atoms with van der Waals surface area (Å²) in [5.41, 5.74) is 3.02. The smallest absolute Gasteiger partial charge is 0.213 e. The highest BCUT2D eigenvalue weighted by molar-refractivity contribution is 7.98. The molecule has 26 heavy (non-hydrogen) atoms. The molecule has 1 aromatic carbocycles. The zero-order valence-corrected chi connectivity index (χ0v) is 16.5. The lowest BCUT2D eigenvalue weighted by molar-refractivity contribution is 0.223. The molecule has 0 saturated carbocycles. The molecule has 1 aliphatic rings. The van der Waals surface area contributed by atoms with Crippen LogP contribution in [0.2, 0.25) is 0 Å². The maximum atomic E-state index is 6.03. The van der Waals surface area contributed by atoms with Gasteiger partial charge in [0.15, 0.2) is 11.5 Å². The Labute approximate surface area is 159 Å². The van der Waals surface area contributed by atoms with E-state index < -0.39 is 0 Å². The molecule has 3 rings (SSSR count). The van der Waals surface area contributed by atoms with Crippen molar-refractivity contribution in [2.45, 2.75) is 13.0 Å². The molecular formula is C20H26N2O3S. The summed E-state index contributed by atoms with van der Waals surface area (Å²) in [5, 5.41) is 0. The second-order valence-corrected chi connectivity index (χ2v) is 7.19. The molecule has 0 N–H and O–H groups in total. The Morgan fingerprint density at radius 1 is 1.23 bits per heavy atom. The van der Waals surface area contributed by atoms with Gasteiger partial charge in [-0.2, -0.15) is 11.8 Å². The summed E-state index contributed by atoms with van der Waals surface area (Å²) in [6.45, 7) is 3.55. The molecule has 0 spiro atoms. The summed E-state index contributed by atoms with van der Waals surface area (Å²) in [6.07, 6.45) is 3.34. The first-order valence-electron chi connectivity index (χ1n) is 8.81. The van der Waals surface area contributed by atoms with E-state index in [1.165, 1.54) is 12.2 Å². The second-order valence-electron chi connectivity index (χ2n) is 6.20. The minimum absolute atomic E-state index is 0.603. The molecule has 0 saturated heterocycles. The Balaban J connectivity index is 1.92. The lowest BCUT2D eigenvalue weighted by Gasteiger charge is -2.19. The Bertz CT molecular complexity index is 739. The SMILES string of the molecule is COc1cccc(-c2cc3c(c(OC)c2)OCCN(CCCSC)C3)n1. The van der Waals surface area contributed by atoms with Gasteiger partial charge in [-0.1, -0.05) is 6.07 Å². The Morgan fingerprint density at radius 2 is 2.12 bits per heavy atom. The van der Waals surface area contributed by atoms with Gasteiger partial charge in [-0.15, -0.1) is 0 Å². The summed E-state index contributed by atoms with van der Waals surface area (Å²) in [5.74, 6) is 3.40. The van der Waals surface area contributed by atoms with Gasteiger partial charge in [0.1, 0.15) is 6.61 Å². The van der Waals surface area contributed by atoms with Crippen molar-refractivity contribution in [3.8, 4) is 28.6 Å². The standard InChI is InChI=1S/C20H26N2O3S/c1-23-18-13-15(17-6-4-7-19(21-17)24-2)12-16-14-22(8-5-11-26-3)9-10-25-20(16)18/h4,6-7,12-13H,5,8-11,14H2,1-3H3. The van der Waals surface area contributed by atoms with Crippen molar-refractivity contribution in [1.82, 2.24) is 9.88 Å². The third kappa shape index (κ3) is 4.43. The number of thioether (sulfide) groups is 1. The first-order chi connectivity index (χ1) is 12.7. The normalized spacial score (nSPS) is 14.3. The lowest BCUT2D eigenvalue weighted by atomic mass is 10.0. The van der Waals surface area contributed by atoms with Gasteiger partial charge < -0.3 is 14.2 Å². The summed E-state index contributed by atoms with van der Waals surface area (Å²) >= 11 is 1.89. The molecule has 2 aromatic rings. The van der Waals surface area contributed by atoms with Crippen LogP contribution in [0.25, 0.3) is 11.3 Å². The average molecular weight is 375 g/mol. The molecule has 0 atom stereocenters. The zero-order valence-electron chi connectivity index (χ0n) is 15.7. The number of hydrogen-bond acceptors (Lipinski definition) is 6. The van der Waals surface area contributed by atoms with Crippen LogP contribution in [0.5, 0.6) is 17.4 Å². The van der Waals surface area contributed by atoms with Gasteiger partial charge >= 0.3 is 0 Å². The van der Waals surface area contributed by atoms with Gasteiger partial charge in [-0.25, -0.2) is 4.98 Å². The molecule has 140 valence electrons. The number of hydrogen-bond donors (Lipinski definition) is 0. The molecule has 1 aliphatic heterocycles. The molecule has 0 aliphatic carbocycles. The maximum Gasteiger partial charge on any atom is 0.213 e. The van der Waals surface area contributed by atoms with Gasteiger partial charge in [0, 0.05) is 30.3 Å². The fraction of sp³-hybridized carbons (Fsp3) is 0.450. The van der Waals surface area contributed by atoms with E-state index in [1.54, 1.807) is 14.2 Å². The molecule has 2 heterocycles. The van der Waals surface area contributed by atoms with Crippen molar-refractivity contribution in [2.24, 2.45) is 0 Å². The van der Waals surface area contributed by atoms with Crippen LogP contribution in [0, 0.1) is 0 Å². The molecule has 0 unspecified atom stereocenters. The fourth-order valence-corrected chi connectivity index (χ4v) is 3.57. The minimum atomic E-state index is 0.603. The third-order valence-electron chi connectivity index (χ3n) is 4.45. The van der Waals surface area contributed by atoms with Crippen LogP contribution in [0.1, 0.15) is 12.0 Å². The number of rotatable bonds is 7. The van der Waals surface area contributed by atoms with Crippen LogP contribution >= 0.6 is 11.8 Å². The quantitative estimate of drug-likeness (QED) is 0.689. The topological polar surface area (TPSA) is 43.8 Å². The van der Waals surface area contributed by atoms with Crippen LogP contribution in [-0.2, 0) is 6.54 Å². The molecule has 0 bridgehead atoms. The van der Waals surface area contributed by atoms with E-state index in [0.717, 1.165) is 48.0 Å². The van der Waals surface area contributed by atoms with Gasteiger partial charge in [0.05, 0.1) is 19.9 Å². The predicted octanol–water partition coefficient (Wildman–Crippen LogP) is 3.71. The van der Waals surface area contributed by atoms with Crippen LogP contribution in [0.3, 0.4) is 0 Å². The molecule has 1 aromatic heterocycles. The third-order valence-corrected chi connectivity index (χ3v) is 5.15. The number of pyridine rings is 1. The van der Waals surface area contributed by atoms with E-state index in [4.69, 9.17) is 14.2 Å². The van der Waals surface area contributed by atoms with Crippen LogP contribution in [0.4, 0.5) is 0 Å². The minimum Gasteiger partial charge on any atom is -0.493 e. The summed E-state index contributed by atoms with van der Waals surface area (Å²) in [4.78, 5) is 7.00. The molecule has 6 heteroatoms. The number of ether oxygens (including phenoxy) is 3. The monoisotopic (exact) mass is 374 g/mol. The van der Waals surface area contributed by atoms with Crippen molar-refractivity contribution >= 4 is 11.8 Å². The highest BCUT2D eigenvalue weighted by Gasteiger charge is 2.20. The van der Waals surface area contributed by atoms with E-state index in [2.05, 4.69) is 22.2 Å². The zero-order chi connectivity index (χ0) is 18.4. The van der Waals surface area contributed by atoms with Crippen LogP contribution in [0.15, 0.2) is 30.3 Å². The van der Waals surface area contributed by atoms with Crippen LogP contribution < -0.4 is 14.2 Å². The summed E-state index contributed by atoms with van der Waals surface area (Å²) < 4.78 is 16.9. The average Bonchev–Trinajstić information content (AvgIpc) is 2.89. The number of nitrogens with zero attached hydrogens (tertiary/aromatic N) is 2. The highest BCUT2D eigenvalue weighted by Crippen LogP contribution is 2.38. The molecule has 0 fully saturated rings. The maximum absolute atomic E-state index is 6.03. The number of aromatic nitrogens is 1. The Hall–Kier alpha value is -1.92. The second kappa shape index (κ2) is 9.14.